The molecule has 4 nitrogen and oxygen atoms in total. The molecule has 1 saturated heterocycles. The number of nitrogens with two attached hydrogens (primary N) is 1. The summed E-state index contributed by atoms with van der Waals surface area (Å²) in [4.78, 5) is 18.0. The molecule has 1 aliphatic rings. The van der Waals surface area contributed by atoms with Crippen molar-refractivity contribution in [1.29, 1.82) is 0 Å². The number of likely N-dealkylation sites (tertiary alicyclic amines) is 1. The normalized spacial score (nSPS) is 17.2. The number of amides is 1. The maximum atomic E-state index is 12.2. The van der Waals surface area contributed by atoms with E-state index in [1.54, 1.807) is 17.0 Å². The van der Waals surface area contributed by atoms with E-state index >= 15 is 0 Å². The van der Waals surface area contributed by atoms with Crippen LogP contribution in [0, 0.1) is 5.92 Å². The van der Waals surface area contributed by atoms with Crippen molar-refractivity contribution in [2.75, 3.05) is 18.8 Å². The molecule has 92 valence electrons. The van der Waals surface area contributed by atoms with Gasteiger partial charge in [-0.05, 0) is 30.9 Å². The van der Waals surface area contributed by atoms with Gasteiger partial charge in [-0.2, -0.15) is 0 Å². The van der Waals surface area contributed by atoms with Gasteiger partial charge >= 0.3 is 0 Å². The molecular formula is C12H16ClN3O. The lowest BCUT2D eigenvalue weighted by molar-refractivity contribution is 0.0691. The smallest absolute Gasteiger partial charge is 0.274 e. The van der Waals surface area contributed by atoms with Crippen molar-refractivity contribution in [2.45, 2.75) is 19.8 Å². The van der Waals surface area contributed by atoms with Crippen LogP contribution in [0.2, 0.25) is 5.02 Å². The Morgan fingerprint density at radius 1 is 1.47 bits per heavy atom. The highest BCUT2D eigenvalue weighted by Crippen LogP contribution is 2.21. The monoisotopic (exact) mass is 253 g/mol. The molecule has 0 radical (unpaired) electrons. The van der Waals surface area contributed by atoms with Crippen LogP contribution in [0.1, 0.15) is 30.3 Å². The zero-order valence-electron chi connectivity index (χ0n) is 9.82. The Morgan fingerprint density at radius 2 is 2.12 bits per heavy atom. The molecular weight excluding hydrogens is 238 g/mol. The number of nitrogen functional groups attached to an aromatic ring is 1. The van der Waals surface area contributed by atoms with E-state index in [4.69, 9.17) is 17.3 Å². The minimum absolute atomic E-state index is 0.116. The summed E-state index contributed by atoms with van der Waals surface area (Å²) in [5.41, 5.74) is 5.84. The first-order chi connectivity index (χ1) is 8.08. The summed E-state index contributed by atoms with van der Waals surface area (Å²) in [6.45, 7) is 3.74. The molecule has 5 heteroatoms. The van der Waals surface area contributed by atoms with Gasteiger partial charge in [0.2, 0.25) is 0 Å². The van der Waals surface area contributed by atoms with Crippen LogP contribution in [0.5, 0.6) is 0 Å². The summed E-state index contributed by atoms with van der Waals surface area (Å²) in [6, 6.07) is 3.21. The lowest BCUT2D eigenvalue weighted by Crippen LogP contribution is -2.38. The van der Waals surface area contributed by atoms with E-state index in [0.717, 1.165) is 25.9 Å². The number of halogens is 1. The Morgan fingerprint density at radius 3 is 2.76 bits per heavy atom. The van der Waals surface area contributed by atoms with Crippen molar-refractivity contribution < 1.29 is 4.79 Å². The standard InChI is InChI=1S/C12H16ClN3O/c1-8-4-6-16(7-5-8)12(17)11-9(13)2-3-10(14)15-11/h2-3,8H,4-7H2,1H3,(H2,14,15). The van der Waals surface area contributed by atoms with Gasteiger partial charge in [-0.25, -0.2) is 4.98 Å². The van der Waals surface area contributed by atoms with Crippen LogP contribution < -0.4 is 5.73 Å². The largest absolute Gasteiger partial charge is 0.384 e. The van der Waals surface area contributed by atoms with Gasteiger partial charge in [-0.1, -0.05) is 18.5 Å². The number of carbonyl (C=O) groups is 1. The zero-order valence-corrected chi connectivity index (χ0v) is 10.6. The third kappa shape index (κ3) is 2.69. The van der Waals surface area contributed by atoms with Crippen molar-refractivity contribution in [3.63, 3.8) is 0 Å². The van der Waals surface area contributed by atoms with Gasteiger partial charge in [0, 0.05) is 13.1 Å². The molecule has 2 N–H and O–H groups in total. The van der Waals surface area contributed by atoms with E-state index in [2.05, 4.69) is 11.9 Å². The molecule has 1 amide bonds. The lowest BCUT2D eigenvalue weighted by atomic mass is 9.99. The molecule has 0 spiro atoms. The van der Waals surface area contributed by atoms with Gasteiger partial charge < -0.3 is 10.6 Å². The van der Waals surface area contributed by atoms with Crippen molar-refractivity contribution in [3.05, 3.63) is 22.8 Å². The zero-order chi connectivity index (χ0) is 12.4. The molecule has 0 unspecified atom stereocenters. The van der Waals surface area contributed by atoms with Crippen LogP contribution in [0.15, 0.2) is 12.1 Å². The molecule has 2 heterocycles. The predicted octanol–water partition coefficient (Wildman–Crippen LogP) is 2.19. The van der Waals surface area contributed by atoms with Gasteiger partial charge in [0.15, 0.2) is 0 Å². The average Bonchev–Trinajstić information content (AvgIpc) is 2.32. The molecule has 17 heavy (non-hydrogen) atoms. The van der Waals surface area contributed by atoms with Crippen molar-refractivity contribution >= 4 is 23.3 Å². The van der Waals surface area contributed by atoms with E-state index in [1.807, 2.05) is 0 Å². The number of piperidine rings is 1. The summed E-state index contributed by atoms with van der Waals surface area (Å²) in [5.74, 6) is 0.889. The Balaban J connectivity index is 2.16. The van der Waals surface area contributed by atoms with Gasteiger partial charge in [0.05, 0.1) is 5.02 Å². The van der Waals surface area contributed by atoms with Crippen LogP contribution >= 0.6 is 11.6 Å². The van der Waals surface area contributed by atoms with Gasteiger partial charge in [0.25, 0.3) is 5.91 Å². The van der Waals surface area contributed by atoms with E-state index in [9.17, 15) is 4.79 Å². The average molecular weight is 254 g/mol. The van der Waals surface area contributed by atoms with Crippen molar-refractivity contribution in [2.24, 2.45) is 5.92 Å². The first-order valence-electron chi connectivity index (χ1n) is 5.79. The van der Waals surface area contributed by atoms with Gasteiger partial charge in [-0.3, -0.25) is 4.79 Å². The predicted molar refractivity (Wildman–Crippen MR) is 68.0 cm³/mol. The number of rotatable bonds is 1. The number of hydrogen-bond acceptors (Lipinski definition) is 3. The maximum absolute atomic E-state index is 12.2. The Hall–Kier alpha value is -1.29. The summed E-state index contributed by atoms with van der Waals surface area (Å²) >= 11 is 5.97. The van der Waals surface area contributed by atoms with Crippen LogP contribution in [0.25, 0.3) is 0 Å². The molecule has 1 fully saturated rings. The second-order valence-corrected chi connectivity index (χ2v) is 4.95. The third-order valence-corrected chi connectivity index (χ3v) is 3.45. The molecule has 2 rings (SSSR count). The summed E-state index contributed by atoms with van der Waals surface area (Å²) in [5, 5.41) is 0.364. The highest BCUT2D eigenvalue weighted by molar-refractivity contribution is 6.33. The topological polar surface area (TPSA) is 59.2 Å². The summed E-state index contributed by atoms with van der Waals surface area (Å²) < 4.78 is 0. The fourth-order valence-electron chi connectivity index (χ4n) is 1.97. The van der Waals surface area contributed by atoms with Crippen LogP contribution in [-0.4, -0.2) is 28.9 Å². The van der Waals surface area contributed by atoms with Crippen LogP contribution in [0.4, 0.5) is 5.82 Å². The fraction of sp³-hybridized carbons (Fsp3) is 0.500. The van der Waals surface area contributed by atoms with Crippen molar-refractivity contribution in [3.8, 4) is 0 Å². The second kappa shape index (κ2) is 4.92. The van der Waals surface area contributed by atoms with Crippen molar-refractivity contribution in [1.82, 2.24) is 9.88 Å². The van der Waals surface area contributed by atoms with Crippen LogP contribution in [-0.2, 0) is 0 Å². The molecule has 0 atom stereocenters. The molecule has 0 saturated carbocycles. The first-order valence-corrected chi connectivity index (χ1v) is 6.17. The minimum Gasteiger partial charge on any atom is -0.384 e. The van der Waals surface area contributed by atoms with E-state index in [-0.39, 0.29) is 11.6 Å². The molecule has 1 aliphatic heterocycles. The second-order valence-electron chi connectivity index (χ2n) is 4.54. The number of carbonyl (C=O) groups excluding carboxylic acids is 1. The van der Waals surface area contributed by atoms with Gasteiger partial charge in [-0.15, -0.1) is 0 Å². The number of pyridine rings is 1. The molecule has 0 aromatic carbocycles. The quantitative estimate of drug-likeness (QED) is 0.835. The maximum Gasteiger partial charge on any atom is 0.274 e. The number of aromatic nitrogens is 1. The third-order valence-electron chi connectivity index (χ3n) is 3.14. The first kappa shape index (κ1) is 12.2. The highest BCUT2D eigenvalue weighted by atomic mass is 35.5. The Labute approximate surface area is 106 Å². The Bertz CT molecular complexity index is 428. The number of nitrogens with zero attached hydrogens (tertiary/aromatic N) is 2. The minimum atomic E-state index is -0.116. The molecule has 1 aromatic rings. The van der Waals surface area contributed by atoms with Crippen LogP contribution in [0.3, 0.4) is 0 Å². The summed E-state index contributed by atoms with van der Waals surface area (Å²) in [6.07, 6.45) is 2.07. The van der Waals surface area contributed by atoms with E-state index in [0.29, 0.717) is 16.8 Å². The SMILES string of the molecule is CC1CCN(C(=O)c2nc(N)ccc2Cl)CC1. The van der Waals surface area contributed by atoms with E-state index < -0.39 is 0 Å². The number of hydrogen-bond donors (Lipinski definition) is 1. The molecule has 1 aromatic heterocycles. The highest BCUT2D eigenvalue weighted by Gasteiger charge is 2.24. The fourth-order valence-corrected chi connectivity index (χ4v) is 2.15. The van der Waals surface area contributed by atoms with Gasteiger partial charge in [0.1, 0.15) is 11.5 Å². The Kier molecular flexibility index (Phi) is 3.52. The van der Waals surface area contributed by atoms with E-state index in [1.165, 1.54) is 0 Å². The molecule has 0 aliphatic carbocycles. The number of anilines is 1. The summed E-state index contributed by atoms with van der Waals surface area (Å²) in [7, 11) is 0. The molecule has 0 bridgehead atoms. The lowest BCUT2D eigenvalue weighted by Gasteiger charge is -2.30.